The summed E-state index contributed by atoms with van der Waals surface area (Å²) in [6.07, 6.45) is 0. The number of hydrogen-bond acceptors (Lipinski definition) is 4. The van der Waals surface area contributed by atoms with Crippen LogP contribution in [0.2, 0.25) is 5.02 Å². The molecule has 1 heterocycles. The average molecular weight is 405 g/mol. The Balaban J connectivity index is 1.75. The summed E-state index contributed by atoms with van der Waals surface area (Å²) < 4.78 is 5.19. The van der Waals surface area contributed by atoms with Crippen LogP contribution in [0.1, 0.15) is 12.5 Å². The third-order valence-electron chi connectivity index (χ3n) is 4.15. The van der Waals surface area contributed by atoms with Gasteiger partial charge in [0, 0.05) is 10.7 Å². The lowest BCUT2D eigenvalue weighted by Gasteiger charge is -2.23. The Morgan fingerprint density at radius 3 is 2.59 bits per heavy atom. The molecule has 3 rings (SSSR count). The minimum atomic E-state index is -1.24. The Hall–Kier alpha value is -2.84. The summed E-state index contributed by atoms with van der Waals surface area (Å²) in [5.41, 5.74) is 2.65. The van der Waals surface area contributed by atoms with E-state index in [4.69, 9.17) is 28.6 Å². The van der Waals surface area contributed by atoms with Crippen LogP contribution in [0.25, 0.3) is 0 Å². The van der Waals surface area contributed by atoms with E-state index in [0.29, 0.717) is 22.0 Å². The lowest BCUT2D eigenvalue weighted by Crippen LogP contribution is -2.49. The number of anilines is 1. The highest BCUT2D eigenvalue weighted by atomic mass is 35.5. The first-order chi connectivity index (χ1) is 12.8. The van der Waals surface area contributed by atoms with E-state index in [-0.39, 0.29) is 5.11 Å². The molecule has 0 saturated carbocycles. The summed E-state index contributed by atoms with van der Waals surface area (Å²) in [6, 6.07) is 13.2. The molecule has 2 aromatic carbocycles. The molecule has 27 heavy (non-hydrogen) atoms. The molecule has 0 aliphatic carbocycles. The van der Waals surface area contributed by atoms with Crippen LogP contribution in [0.4, 0.5) is 10.5 Å². The van der Waals surface area contributed by atoms with Crippen molar-refractivity contribution in [1.29, 1.82) is 0 Å². The van der Waals surface area contributed by atoms with E-state index in [0.717, 1.165) is 5.01 Å². The molecule has 140 valence electrons. The number of carbonyl (C=O) groups is 2. The third kappa shape index (κ3) is 3.81. The van der Waals surface area contributed by atoms with Crippen molar-refractivity contribution in [3.05, 3.63) is 59.1 Å². The van der Waals surface area contributed by atoms with Crippen molar-refractivity contribution >= 4 is 46.6 Å². The highest BCUT2D eigenvalue weighted by Crippen LogP contribution is 2.30. The van der Waals surface area contributed by atoms with Gasteiger partial charge in [0.05, 0.1) is 7.11 Å². The molecule has 1 atom stereocenters. The number of carbonyl (C=O) groups excluding carboxylic acids is 2. The molecule has 1 unspecified atom stereocenters. The fraction of sp³-hybridized carbons (Fsp3) is 0.167. The van der Waals surface area contributed by atoms with E-state index in [1.165, 1.54) is 7.11 Å². The van der Waals surface area contributed by atoms with Crippen LogP contribution < -0.4 is 20.8 Å². The van der Waals surface area contributed by atoms with Gasteiger partial charge in [0.15, 0.2) is 5.11 Å². The maximum Gasteiger partial charge on any atom is 0.344 e. The van der Waals surface area contributed by atoms with Gasteiger partial charge in [-0.25, -0.2) is 4.79 Å². The van der Waals surface area contributed by atoms with Crippen LogP contribution in [-0.4, -0.2) is 29.2 Å². The van der Waals surface area contributed by atoms with Gasteiger partial charge >= 0.3 is 6.03 Å². The van der Waals surface area contributed by atoms with E-state index in [1.54, 1.807) is 55.5 Å². The maximum atomic E-state index is 12.9. The molecule has 1 aliphatic rings. The number of hydrogen-bond donors (Lipinski definition) is 3. The zero-order valence-corrected chi connectivity index (χ0v) is 16.1. The number of benzene rings is 2. The number of imide groups is 1. The first-order valence-electron chi connectivity index (χ1n) is 7.98. The van der Waals surface area contributed by atoms with E-state index >= 15 is 0 Å². The molecule has 2 aromatic rings. The predicted octanol–water partition coefficient (Wildman–Crippen LogP) is 3.02. The molecule has 7 nitrogen and oxygen atoms in total. The zero-order valence-electron chi connectivity index (χ0n) is 14.6. The first-order valence-corrected chi connectivity index (χ1v) is 8.76. The lowest BCUT2D eigenvalue weighted by molar-refractivity contribution is -0.132. The summed E-state index contributed by atoms with van der Waals surface area (Å²) in [5.74, 6) is 0.100. The molecule has 1 fully saturated rings. The van der Waals surface area contributed by atoms with Gasteiger partial charge in [0.25, 0.3) is 5.91 Å². The number of urea groups is 1. The quantitative estimate of drug-likeness (QED) is 0.536. The van der Waals surface area contributed by atoms with E-state index in [9.17, 15) is 9.59 Å². The second kappa shape index (κ2) is 7.42. The van der Waals surface area contributed by atoms with Crippen molar-refractivity contribution in [3.63, 3.8) is 0 Å². The number of halogens is 1. The van der Waals surface area contributed by atoms with Crippen LogP contribution in [-0.2, 0) is 10.3 Å². The summed E-state index contributed by atoms with van der Waals surface area (Å²) in [5, 5.41) is 7.11. The molecule has 0 radical (unpaired) electrons. The number of hydrazine groups is 1. The highest BCUT2D eigenvalue weighted by Gasteiger charge is 2.50. The fourth-order valence-electron chi connectivity index (χ4n) is 2.66. The second-order valence-corrected chi connectivity index (χ2v) is 6.85. The SMILES string of the molecule is COc1cccc(C2(C)NC(=O)N(NC(=S)Nc3ccc(Cl)cc3)C2=O)c1. The van der Waals surface area contributed by atoms with Gasteiger partial charge < -0.3 is 15.4 Å². The normalized spacial score (nSPS) is 18.9. The predicted molar refractivity (Wildman–Crippen MR) is 107 cm³/mol. The molecular weight excluding hydrogens is 388 g/mol. The summed E-state index contributed by atoms with van der Waals surface area (Å²) in [4.78, 5) is 25.3. The Kier molecular flexibility index (Phi) is 5.20. The van der Waals surface area contributed by atoms with Gasteiger partial charge in [-0.05, 0) is 61.1 Å². The average Bonchev–Trinajstić information content (AvgIpc) is 2.88. The molecule has 1 saturated heterocycles. The van der Waals surface area contributed by atoms with Crippen molar-refractivity contribution in [1.82, 2.24) is 15.8 Å². The zero-order chi connectivity index (χ0) is 19.6. The number of rotatable bonds is 4. The maximum absolute atomic E-state index is 12.9. The largest absolute Gasteiger partial charge is 0.497 e. The van der Waals surface area contributed by atoms with Crippen LogP contribution in [0, 0.1) is 0 Å². The number of nitrogens with one attached hydrogen (secondary N) is 3. The Morgan fingerprint density at radius 1 is 1.22 bits per heavy atom. The Labute approximate surface area is 166 Å². The summed E-state index contributed by atoms with van der Waals surface area (Å²) >= 11 is 11.0. The molecule has 3 N–H and O–H groups in total. The molecule has 1 aliphatic heterocycles. The van der Waals surface area contributed by atoms with Crippen LogP contribution >= 0.6 is 23.8 Å². The van der Waals surface area contributed by atoms with Crippen molar-refractivity contribution < 1.29 is 14.3 Å². The van der Waals surface area contributed by atoms with Crippen LogP contribution in [0.15, 0.2) is 48.5 Å². The second-order valence-electron chi connectivity index (χ2n) is 6.00. The van der Waals surface area contributed by atoms with Gasteiger partial charge in [0.2, 0.25) is 0 Å². The minimum Gasteiger partial charge on any atom is -0.497 e. The van der Waals surface area contributed by atoms with Crippen LogP contribution in [0.3, 0.4) is 0 Å². The molecular formula is C18H17ClN4O3S. The Morgan fingerprint density at radius 2 is 1.93 bits per heavy atom. The van der Waals surface area contributed by atoms with Gasteiger partial charge in [-0.1, -0.05) is 23.7 Å². The fourth-order valence-corrected chi connectivity index (χ4v) is 3.00. The molecule has 0 spiro atoms. The van der Waals surface area contributed by atoms with Gasteiger partial charge in [-0.3, -0.25) is 10.2 Å². The number of ether oxygens (including phenoxy) is 1. The number of amides is 3. The number of methoxy groups -OCH3 is 1. The topological polar surface area (TPSA) is 82.7 Å². The third-order valence-corrected chi connectivity index (χ3v) is 4.60. The lowest BCUT2D eigenvalue weighted by atomic mass is 9.92. The van der Waals surface area contributed by atoms with Gasteiger partial charge in [0.1, 0.15) is 11.3 Å². The molecule has 3 amide bonds. The highest BCUT2D eigenvalue weighted by molar-refractivity contribution is 7.80. The van der Waals surface area contributed by atoms with Crippen molar-refractivity contribution in [3.8, 4) is 5.75 Å². The molecule has 0 aromatic heterocycles. The number of nitrogens with zero attached hydrogens (tertiary/aromatic N) is 1. The first kappa shape index (κ1) is 18.9. The van der Waals surface area contributed by atoms with E-state index in [2.05, 4.69) is 16.1 Å². The molecule has 9 heteroatoms. The van der Waals surface area contributed by atoms with E-state index < -0.39 is 17.5 Å². The minimum absolute atomic E-state index is 0.0933. The molecule has 0 bridgehead atoms. The van der Waals surface area contributed by atoms with Crippen LogP contribution in [0.5, 0.6) is 5.75 Å². The van der Waals surface area contributed by atoms with Gasteiger partial charge in [-0.2, -0.15) is 5.01 Å². The number of thiocarbonyl (C=S) groups is 1. The smallest absolute Gasteiger partial charge is 0.344 e. The summed E-state index contributed by atoms with van der Waals surface area (Å²) in [6.45, 7) is 1.62. The van der Waals surface area contributed by atoms with Crippen molar-refractivity contribution in [2.24, 2.45) is 0 Å². The summed E-state index contributed by atoms with van der Waals surface area (Å²) in [7, 11) is 1.53. The van der Waals surface area contributed by atoms with Crippen molar-refractivity contribution in [2.75, 3.05) is 12.4 Å². The van der Waals surface area contributed by atoms with Crippen molar-refractivity contribution in [2.45, 2.75) is 12.5 Å². The Bertz CT molecular complexity index is 906. The van der Waals surface area contributed by atoms with E-state index in [1.807, 2.05) is 0 Å². The van der Waals surface area contributed by atoms with Gasteiger partial charge in [-0.15, -0.1) is 0 Å². The monoisotopic (exact) mass is 404 g/mol. The standard InChI is InChI=1S/C18H17ClN4O3S/c1-18(11-4-3-5-14(10-11)26-2)15(24)23(17(25)21-18)22-16(27)20-13-8-6-12(19)7-9-13/h3-10H,1-2H3,(H,21,25)(H2,20,22,27).